The van der Waals surface area contributed by atoms with Crippen LogP contribution in [0, 0.1) is 6.92 Å². The normalized spacial score (nSPS) is 10.8. The Bertz CT molecular complexity index is 754. The minimum absolute atomic E-state index is 0.425. The molecule has 0 aliphatic rings. The average Bonchev–Trinajstić information content (AvgIpc) is 2.77. The maximum atomic E-state index is 11.1. The fraction of sp³-hybridized carbons (Fsp3) is 0.133. The zero-order valence-electron chi connectivity index (χ0n) is 10.6. The maximum Gasteiger partial charge on any atom is 0.417 e. The van der Waals surface area contributed by atoms with E-state index in [-0.39, 0.29) is 0 Å². The van der Waals surface area contributed by atoms with Crippen LogP contribution >= 0.6 is 0 Å². The molecule has 0 radical (unpaired) electrons. The summed E-state index contributed by atoms with van der Waals surface area (Å²) in [5.41, 5.74) is 4.70. The van der Waals surface area contributed by atoms with Crippen molar-refractivity contribution in [3.63, 3.8) is 0 Å². The fourth-order valence-electron chi connectivity index (χ4n) is 1.97. The summed E-state index contributed by atoms with van der Waals surface area (Å²) in [4.78, 5) is 13.7. The van der Waals surface area contributed by atoms with Crippen LogP contribution in [-0.4, -0.2) is 4.98 Å². The number of hydrogen-bond acceptors (Lipinski definition) is 3. The highest BCUT2D eigenvalue weighted by Crippen LogP contribution is 2.17. The summed E-state index contributed by atoms with van der Waals surface area (Å²) < 4.78 is 4.96. The lowest BCUT2D eigenvalue weighted by molar-refractivity contribution is 0.555. The lowest BCUT2D eigenvalue weighted by Crippen LogP contribution is -1.99. The molecule has 0 saturated carbocycles. The van der Waals surface area contributed by atoms with Crippen LogP contribution in [0.1, 0.15) is 11.1 Å². The summed E-state index contributed by atoms with van der Waals surface area (Å²) in [6.07, 6.45) is 0. The number of hydrogen-bond donors (Lipinski definition) is 2. The summed E-state index contributed by atoms with van der Waals surface area (Å²) in [6, 6.07) is 13.9. The lowest BCUT2D eigenvalue weighted by Gasteiger charge is -2.06. The Balaban J connectivity index is 1.77. The number of aromatic nitrogens is 1. The second kappa shape index (κ2) is 4.65. The molecular weight excluding hydrogens is 240 g/mol. The van der Waals surface area contributed by atoms with Gasteiger partial charge >= 0.3 is 5.76 Å². The summed E-state index contributed by atoms with van der Waals surface area (Å²) in [5.74, 6) is -0.425. The van der Waals surface area contributed by atoms with Gasteiger partial charge < -0.3 is 9.73 Å². The molecule has 19 heavy (non-hydrogen) atoms. The van der Waals surface area contributed by atoms with Gasteiger partial charge in [-0.3, -0.25) is 4.98 Å². The van der Waals surface area contributed by atoms with Crippen molar-refractivity contribution in [2.24, 2.45) is 0 Å². The third-order valence-electron chi connectivity index (χ3n) is 3.04. The molecular formula is C15H14N2O2. The predicted molar refractivity (Wildman–Crippen MR) is 75.3 cm³/mol. The van der Waals surface area contributed by atoms with Gasteiger partial charge in [-0.05, 0) is 30.7 Å². The predicted octanol–water partition coefficient (Wildman–Crippen LogP) is 3.04. The number of rotatable bonds is 3. The number of anilines is 1. The van der Waals surface area contributed by atoms with Crippen LogP contribution in [0.5, 0.6) is 0 Å². The van der Waals surface area contributed by atoms with Gasteiger partial charge in [0.1, 0.15) is 0 Å². The first kappa shape index (κ1) is 11.6. The molecule has 4 heteroatoms. The number of H-pyrrole nitrogens is 1. The van der Waals surface area contributed by atoms with E-state index in [4.69, 9.17) is 4.42 Å². The molecule has 3 aromatic rings. The number of aromatic amines is 1. The number of fused-ring (bicyclic) bond motifs is 1. The third-order valence-corrected chi connectivity index (χ3v) is 3.04. The number of nitrogens with one attached hydrogen (secondary N) is 2. The molecule has 0 bridgehead atoms. The van der Waals surface area contributed by atoms with Gasteiger partial charge in [0.2, 0.25) is 0 Å². The molecule has 0 spiro atoms. The Hall–Kier alpha value is -2.49. The van der Waals surface area contributed by atoms with Gasteiger partial charge in [-0.15, -0.1) is 0 Å². The highest BCUT2D eigenvalue weighted by Gasteiger charge is 2.01. The molecule has 0 amide bonds. The van der Waals surface area contributed by atoms with E-state index in [0.717, 1.165) is 12.2 Å². The Kier molecular flexibility index (Phi) is 2.83. The van der Waals surface area contributed by atoms with Crippen LogP contribution in [-0.2, 0) is 6.54 Å². The van der Waals surface area contributed by atoms with Crippen molar-refractivity contribution in [1.29, 1.82) is 0 Å². The van der Waals surface area contributed by atoms with Gasteiger partial charge in [0.25, 0.3) is 0 Å². The topological polar surface area (TPSA) is 58.0 Å². The first-order chi connectivity index (χ1) is 9.20. The third kappa shape index (κ3) is 2.52. The van der Waals surface area contributed by atoms with E-state index in [1.54, 1.807) is 6.07 Å². The Morgan fingerprint density at radius 1 is 1.16 bits per heavy atom. The molecule has 0 saturated heterocycles. The quantitative estimate of drug-likeness (QED) is 0.755. The van der Waals surface area contributed by atoms with Crippen LogP contribution in [0.15, 0.2) is 51.7 Å². The van der Waals surface area contributed by atoms with Gasteiger partial charge in [-0.2, -0.15) is 0 Å². The Morgan fingerprint density at radius 2 is 1.95 bits per heavy atom. The molecule has 0 unspecified atom stereocenters. The molecule has 2 N–H and O–H groups in total. The number of aryl methyl sites for hydroxylation is 1. The molecule has 0 fully saturated rings. The van der Waals surface area contributed by atoms with Crippen molar-refractivity contribution in [2.75, 3.05) is 5.32 Å². The van der Waals surface area contributed by atoms with Gasteiger partial charge in [0.15, 0.2) is 5.58 Å². The second-order valence-electron chi connectivity index (χ2n) is 4.56. The molecule has 0 aliphatic carbocycles. The Labute approximate surface area is 110 Å². The van der Waals surface area contributed by atoms with Crippen LogP contribution < -0.4 is 11.1 Å². The molecule has 96 valence electrons. The molecule has 4 nitrogen and oxygen atoms in total. The van der Waals surface area contributed by atoms with Crippen molar-refractivity contribution in [2.45, 2.75) is 13.5 Å². The highest BCUT2D eigenvalue weighted by atomic mass is 16.4. The van der Waals surface area contributed by atoms with E-state index in [1.165, 1.54) is 11.1 Å². The molecule has 3 rings (SSSR count). The summed E-state index contributed by atoms with van der Waals surface area (Å²) in [5, 5.41) is 3.32. The van der Waals surface area contributed by atoms with Crippen LogP contribution in [0.25, 0.3) is 11.1 Å². The largest absolute Gasteiger partial charge is 0.417 e. The summed E-state index contributed by atoms with van der Waals surface area (Å²) in [6.45, 7) is 2.81. The van der Waals surface area contributed by atoms with E-state index in [2.05, 4.69) is 41.5 Å². The minimum atomic E-state index is -0.425. The Morgan fingerprint density at radius 3 is 2.74 bits per heavy atom. The first-order valence-corrected chi connectivity index (χ1v) is 6.13. The first-order valence-electron chi connectivity index (χ1n) is 6.13. The van der Waals surface area contributed by atoms with Crippen molar-refractivity contribution >= 4 is 16.8 Å². The van der Waals surface area contributed by atoms with E-state index in [0.29, 0.717) is 11.1 Å². The second-order valence-corrected chi connectivity index (χ2v) is 4.56. The summed E-state index contributed by atoms with van der Waals surface area (Å²) in [7, 11) is 0. The van der Waals surface area contributed by atoms with Gasteiger partial charge in [0.05, 0.1) is 5.52 Å². The van der Waals surface area contributed by atoms with Crippen LogP contribution in [0.3, 0.4) is 0 Å². The monoisotopic (exact) mass is 254 g/mol. The van der Waals surface area contributed by atoms with Crippen molar-refractivity contribution in [1.82, 2.24) is 4.98 Å². The van der Waals surface area contributed by atoms with Gasteiger partial charge in [-0.1, -0.05) is 29.8 Å². The molecule has 1 heterocycles. The number of oxazole rings is 1. The zero-order chi connectivity index (χ0) is 13.2. The minimum Gasteiger partial charge on any atom is -0.408 e. The fourth-order valence-corrected chi connectivity index (χ4v) is 1.97. The molecule has 2 aromatic carbocycles. The standard InChI is InChI=1S/C15H14N2O2/c1-10-2-4-11(5-3-10)9-16-12-6-7-14-13(8-12)17-15(18)19-14/h2-8,16H,9H2,1H3,(H,17,18). The zero-order valence-corrected chi connectivity index (χ0v) is 10.6. The maximum absolute atomic E-state index is 11.1. The van der Waals surface area contributed by atoms with Crippen molar-refractivity contribution in [3.05, 3.63) is 64.1 Å². The molecule has 0 atom stereocenters. The SMILES string of the molecule is Cc1ccc(CNc2ccc3oc(=O)[nH]c3c2)cc1. The van der Waals surface area contributed by atoms with Crippen molar-refractivity contribution in [3.8, 4) is 0 Å². The van der Waals surface area contributed by atoms with E-state index in [9.17, 15) is 4.79 Å². The highest BCUT2D eigenvalue weighted by molar-refractivity contribution is 5.76. The van der Waals surface area contributed by atoms with E-state index < -0.39 is 5.76 Å². The van der Waals surface area contributed by atoms with Gasteiger partial charge in [0, 0.05) is 12.2 Å². The summed E-state index contributed by atoms with van der Waals surface area (Å²) >= 11 is 0. The lowest BCUT2D eigenvalue weighted by atomic mass is 10.1. The van der Waals surface area contributed by atoms with Crippen LogP contribution in [0.2, 0.25) is 0 Å². The van der Waals surface area contributed by atoms with Crippen molar-refractivity contribution < 1.29 is 4.42 Å². The van der Waals surface area contributed by atoms with Crippen LogP contribution in [0.4, 0.5) is 5.69 Å². The molecule has 1 aromatic heterocycles. The van der Waals surface area contributed by atoms with E-state index in [1.807, 2.05) is 12.1 Å². The smallest absolute Gasteiger partial charge is 0.408 e. The number of benzene rings is 2. The average molecular weight is 254 g/mol. The molecule has 0 aliphatic heterocycles. The van der Waals surface area contributed by atoms with E-state index >= 15 is 0 Å². The van der Waals surface area contributed by atoms with Gasteiger partial charge in [-0.25, -0.2) is 4.79 Å².